The standard InChI is InChI=1S/C11H20N2O/c1-8(2)7-13-11(14)10-6-9(3)4-5-12-10/h9-10,12H,1,4-7H2,2-3H3,(H,13,14). The molecular formula is C11H20N2O. The number of carbonyl (C=O) groups excluding carboxylic acids is 1. The second-order valence-electron chi connectivity index (χ2n) is 4.31. The fourth-order valence-corrected chi connectivity index (χ4v) is 1.67. The van der Waals surface area contributed by atoms with Gasteiger partial charge in [0.15, 0.2) is 0 Å². The Labute approximate surface area is 86.0 Å². The van der Waals surface area contributed by atoms with Gasteiger partial charge in [-0.3, -0.25) is 4.79 Å². The van der Waals surface area contributed by atoms with Gasteiger partial charge in [0, 0.05) is 6.54 Å². The number of hydrogen-bond donors (Lipinski definition) is 2. The molecule has 0 aliphatic carbocycles. The van der Waals surface area contributed by atoms with E-state index in [-0.39, 0.29) is 11.9 Å². The lowest BCUT2D eigenvalue weighted by Crippen LogP contribution is -2.48. The fraction of sp³-hybridized carbons (Fsp3) is 0.727. The summed E-state index contributed by atoms with van der Waals surface area (Å²) in [6.45, 7) is 9.40. The predicted molar refractivity (Wildman–Crippen MR) is 58.0 cm³/mol. The first kappa shape index (κ1) is 11.2. The minimum Gasteiger partial charge on any atom is -0.351 e. The van der Waals surface area contributed by atoms with E-state index in [1.54, 1.807) is 0 Å². The van der Waals surface area contributed by atoms with E-state index in [2.05, 4.69) is 24.1 Å². The molecule has 1 heterocycles. The summed E-state index contributed by atoms with van der Waals surface area (Å²) in [4.78, 5) is 11.6. The molecule has 3 nitrogen and oxygen atoms in total. The normalized spacial score (nSPS) is 27.0. The fourth-order valence-electron chi connectivity index (χ4n) is 1.67. The summed E-state index contributed by atoms with van der Waals surface area (Å²) >= 11 is 0. The van der Waals surface area contributed by atoms with Crippen molar-refractivity contribution < 1.29 is 4.79 Å². The Balaban J connectivity index is 2.32. The molecule has 2 unspecified atom stereocenters. The number of amides is 1. The van der Waals surface area contributed by atoms with Gasteiger partial charge in [-0.05, 0) is 32.2 Å². The molecule has 0 aromatic carbocycles. The van der Waals surface area contributed by atoms with Crippen LogP contribution in [0.15, 0.2) is 12.2 Å². The van der Waals surface area contributed by atoms with Gasteiger partial charge in [-0.1, -0.05) is 19.1 Å². The molecule has 80 valence electrons. The van der Waals surface area contributed by atoms with Crippen molar-refractivity contribution in [3.8, 4) is 0 Å². The SMILES string of the molecule is C=C(C)CNC(=O)C1CC(C)CCN1. The molecule has 1 amide bonds. The quantitative estimate of drug-likeness (QED) is 0.663. The molecule has 1 aliphatic heterocycles. The van der Waals surface area contributed by atoms with E-state index in [9.17, 15) is 4.79 Å². The molecule has 0 spiro atoms. The van der Waals surface area contributed by atoms with E-state index in [0.717, 1.165) is 18.5 Å². The van der Waals surface area contributed by atoms with Gasteiger partial charge in [-0.25, -0.2) is 0 Å². The number of rotatable bonds is 3. The zero-order valence-corrected chi connectivity index (χ0v) is 9.10. The van der Waals surface area contributed by atoms with Crippen molar-refractivity contribution in [2.75, 3.05) is 13.1 Å². The summed E-state index contributed by atoms with van der Waals surface area (Å²) in [6.07, 6.45) is 2.12. The Bertz CT molecular complexity index is 225. The van der Waals surface area contributed by atoms with Crippen molar-refractivity contribution in [3.63, 3.8) is 0 Å². The molecule has 0 radical (unpaired) electrons. The molecule has 1 aliphatic rings. The summed E-state index contributed by atoms with van der Waals surface area (Å²) < 4.78 is 0. The summed E-state index contributed by atoms with van der Waals surface area (Å²) in [7, 11) is 0. The van der Waals surface area contributed by atoms with Gasteiger partial charge < -0.3 is 10.6 Å². The van der Waals surface area contributed by atoms with Crippen LogP contribution in [0, 0.1) is 5.92 Å². The lowest BCUT2D eigenvalue weighted by molar-refractivity contribution is -0.123. The molecular weight excluding hydrogens is 176 g/mol. The van der Waals surface area contributed by atoms with Crippen LogP contribution in [0.1, 0.15) is 26.7 Å². The number of carbonyl (C=O) groups is 1. The molecule has 2 N–H and O–H groups in total. The van der Waals surface area contributed by atoms with Crippen LogP contribution < -0.4 is 10.6 Å². The first-order chi connectivity index (χ1) is 6.59. The average molecular weight is 196 g/mol. The molecule has 14 heavy (non-hydrogen) atoms. The molecule has 1 fully saturated rings. The van der Waals surface area contributed by atoms with Crippen molar-refractivity contribution in [2.45, 2.75) is 32.7 Å². The van der Waals surface area contributed by atoms with E-state index >= 15 is 0 Å². The van der Waals surface area contributed by atoms with Crippen LogP contribution in [0.4, 0.5) is 0 Å². The smallest absolute Gasteiger partial charge is 0.237 e. The van der Waals surface area contributed by atoms with Crippen LogP contribution in [-0.4, -0.2) is 25.0 Å². The summed E-state index contributed by atoms with van der Waals surface area (Å²) in [5.74, 6) is 0.761. The zero-order valence-electron chi connectivity index (χ0n) is 9.10. The zero-order chi connectivity index (χ0) is 10.6. The molecule has 3 heteroatoms. The Morgan fingerprint density at radius 2 is 2.36 bits per heavy atom. The molecule has 0 saturated carbocycles. The van der Waals surface area contributed by atoms with Crippen molar-refractivity contribution >= 4 is 5.91 Å². The maximum Gasteiger partial charge on any atom is 0.237 e. The van der Waals surface area contributed by atoms with Gasteiger partial charge >= 0.3 is 0 Å². The Morgan fingerprint density at radius 1 is 1.64 bits per heavy atom. The lowest BCUT2D eigenvalue weighted by Gasteiger charge is -2.27. The van der Waals surface area contributed by atoms with Gasteiger partial charge in [-0.2, -0.15) is 0 Å². The van der Waals surface area contributed by atoms with Crippen molar-refractivity contribution in [1.29, 1.82) is 0 Å². The van der Waals surface area contributed by atoms with Gasteiger partial charge in [0.25, 0.3) is 0 Å². The highest BCUT2D eigenvalue weighted by Gasteiger charge is 2.23. The third-order valence-corrected chi connectivity index (χ3v) is 2.55. The van der Waals surface area contributed by atoms with Crippen LogP contribution in [0.2, 0.25) is 0 Å². The maximum absolute atomic E-state index is 11.6. The Hall–Kier alpha value is -0.830. The van der Waals surface area contributed by atoms with Crippen molar-refractivity contribution in [2.24, 2.45) is 5.92 Å². The van der Waals surface area contributed by atoms with E-state index < -0.39 is 0 Å². The summed E-state index contributed by atoms with van der Waals surface area (Å²) in [6, 6.07) is -0.00176. The Morgan fingerprint density at radius 3 is 2.93 bits per heavy atom. The van der Waals surface area contributed by atoms with Crippen LogP contribution in [0.25, 0.3) is 0 Å². The molecule has 2 atom stereocenters. The third kappa shape index (κ3) is 3.50. The lowest BCUT2D eigenvalue weighted by atomic mass is 9.94. The molecule has 0 aromatic rings. The van der Waals surface area contributed by atoms with Gasteiger partial charge in [0.1, 0.15) is 0 Å². The van der Waals surface area contributed by atoms with E-state index in [4.69, 9.17) is 0 Å². The second kappa shape index (κ2) is 5.15. The minimum atomic E-state index is -0.00176. The highest BCUT2D eigenvalue weighted by atomic mass is 16.2. The number of piperidine rings is 1. The van der Waals surface area contributed by atoms with E-state index in [1.807, 2.05) is 6.92 Å². The molecule has 1 saturated heterocycles. The predicted octanol–water partition coefficient (Wildman–Crippen LogP) is 1.07. The monoisotopic (exact) mass is 196 g/mol. The largest absolute Gasteiger partial charge is 0.351 e. The third-order valence-electron chi connectivity index (χ3n) is 2.55. The number of nitrogens with one attached hydrogen (secondary N) is 2. The van der Waals surface area contributed by atoms with Crippen molar-refractivity contribution in [3.05, 3.63) is 12.2 Å². The van der Waals surface area contributed by atoms with Gasteiger partial charge in [-0.15, -0.1) is 0 Å². The summed E-state index contributed by atoms with van der Waals surface area (Å²) in [5, 5.41) is 6.10. The maximum atomic E-state index is 11.6. The molecule has 0 aromatic heterocycles. The summed E-state index contributed by atoms with van der Waals surface area (Å²) in [5.41, 5.74) is 0.988. The highest BCUT2D eigenvalue weighted by Crippen LogP contribution is 2.14. The van der Waals surface area contributed by atoms with Crippen LogP contribution in [0.3, 0.4) is 0 Å². The number of hydrogen-bond acceptors (Lipinski definition) is 2. The van der Waals surface area contributed by atoms with Crippen LogP contribution >= 0.6 is 0 Å². The Kier molecular flexibility index (Phi) is 4.14. The average Bonchev–Trinajstić information content (AvgIpc) is 2.14. The molecule has 1 rings (SSSR count). The van der Waals surface area contributed by atoms with E-state index in [1.165, 1.54) is 6.42 Å². The second-order valence-corrected chi connectivity index (χ2v) is 4.31. The first-order valence-electron chi connectivity index (χ1n) is 5.25. The van der Waals surface area contributed by atoms with Gasteiger partial charge in [0.05, 0.1) is 6.04 Å². The van der Waals surface area contributed by atoms with Crippen LogP contribution in [0.5, 0.6) is 0 Å². The molecule has 0 bridgehead atoms. The van der Waals surface area contributed by atoms with Crippen molar-refractivity contribution in [1.82, 2.24) is 10.6 Å². The topological polar surface area (TPSA) is 41.1 Å². The minimum absolute atomic E-state index is 0.00176. The van der Waals surface area contributed by atoms with Gasteiger partial charge in [0.2, 0.25) is 5.91 Å². The first-order valence-corrected chi connectivity index (χ1v) is 5.25. The van der Waals surface area contributed by atoms with E-state index in [0.29, 0.717) is 12.5 Å². The van der Waals surface area contributed by atoms with Crippen LogP contribution in [-0.2, 0) is 4.79 Å². The highest BCUT2D eigenvalue weighted by molar-refractivity contribution is 5.82.